The number of aromatic nitrogens is 5. The van der Waals surface area contributed by atoms with Gasteiger partial charge in [-0.15, -0.1) is 0 Å². The molecule has 0 spiro atoms. The summed E-state index contributed by atoms with van der Waals surface area (Å²) in [6.45, 7) is -1.46. The van der Waals surface area contributed by atoms with E-state index in [1.807, 2.05) is 4.98 Å². The second-order valence-electron chi connectivity index (χ2n) is 7.08. The summed E-state index contributed by atoms with van der Waals surface area (Å²) in [5.74, 6) is -3.94. The molecule has 1 fully saturated rings. The van der Waals surface area contributed by atoms with Crippen molar-refractivity contribution in [2.24, 2.45) is 0 Å². The molecule has 0 amide bonds. The number of H-pyrrole nitrogens is 3. The molecule has 4 heterocycles. The number of alkyl halides is 5. The van der Waals surface area contributed by atoms with Gasteiger partial charge in [0.1, 0.15) is 5.69 Å². The van der Waals surface area contributed by atoms with E-state index in [0.29, 0.717) is 12.3 Å². The van der Waals surface area contributed by atoms with Gasteiger partial charge >= 0.3 is 17.8 Å². The molecule has 3 N–H and O–H groups in total. The van der Waals surface area contributed by atoms with E-state index >= 15 is 0 Å². The first-order valence-electron chi connectivity index (χ1n) is 9.19. The van der Waals surface area contributed by atoms with Crippen molar-refractivity contribution >= 4 is 5.69 Å². The van der Waals surface area contributed by atoms with E-state index in [1.54, 1.807) is 0 Å². The number of pyridine rings is 1. The van der Waals surface area contributed by atoms with Crippen LogP contribution in [-0.2, 0) is 6.18 Å². The van der Waals surface area contributed by atoms with Crippen molar-refractivity contribution in [1.82, 2.24) is 25.1 Å². The second-order valence-corrected chi connectivity index (χ2v) is 7.08. The molecule has 1 aliphatic heterocycles. The lowest BCUT2D eigenvalue weighted by atomic mass is 10.2. The minimum atomic E-state index is -4.65. The fourth-order valence-corrected chi connectivity index (χ4v) is 3.19. The molecule has 1 unspecified atom stereocenters. The van der Waals surface area contributed by atoms with Crippen LogP contribution in [0.4, 0.5) is 27.6 Å². The van der Waals surface area contributed by atoms with Gasteiger partial charge in [0.25, 0.3) is 11.1 Å². The van der Waals surface area contributed by atoms with Crippen molar-refractivity contribution < 1.29 is 26.7 Å². The first kappa shape index (κ1) is 22.2. The van der Waals surface area contributed by atoms with Crippen molar-refractivity contribution in [2.75, 3.05) is 18.0 Å². The third kappa shape index (κ3) is 4.47. The molecule has 1 saturated heterocycles. The number of ether oxygens (including phenoxy) is 1. The minimum absolute atomic E-state index is 0.0980. The predicted octanol–water partition coefficient (Wildman–Crippen LogP) is 1.13. The fraction of sp³-hybridized carbons (Fsp3) is 0.278. The molecular weight excluding hydrogens is 459 g/mol. The van der Waals surface area contributed by atoms with Crippen LogP contribution in [-0.4, -0.2) is 50.3 Å². The predicted molar refractivity (Wildman–Crippen MR) is 102 cm³/mol. The van der Waals surface area contributed by atoms with Crippen LogP contribution in [0.5, 0.6) is 5.88 Å². The van der Waals surface area contributed by atoms with Gasteiger partial charge in [0.2, 0.25) is 5.88 Å². The van der Waals surface area contributed by atoms with Crippen LogP contribution in [0.1, 0.15) is 5.56 Å². The monoisotopic (exact) mass is 472 g/mol. The highest BCUT2D eigenvalue weighted by molar-refractivity contribution is 5.62. The van der Waals surface area contributed by atoms with Crippen LogP contribution in [0.15, 0.2) is 45.0 Å². The number of rotatable bonds is 4. The van der Waals surface area contributed by atoms with Crippen LogP contribution in [0.2, 0.25) is 0 Å². The van der Waals surface area contributed by atoms with Crippen molar-refractivity contribution in [3.63, 3.8) is 0 Å². The summed E-state index contributed by atoms with van der Waals surface area (Å²) in [5.41, 5.74) is -3.96. The molecule has 0 aliphatic carbocycles. The van der Waals surface area contributed by atoms with E-state index in [4.69, 9.17) is 4.74 Å². The van der Waals surface area contributed by atoms with Crippen molar-refractivity contribution in [3.05, 3.63) is 67.3 Å². The lowest BCUT2D eigenvalue weighted by Crippen LogP contribution is -2.36. The SMILES string of the molecule is O=c1[nH]cc(-c2cc(N3CC(Oc4ccc(C(F)(F)F)cn4)C(F)(F)C3)c(=O)[nH]n2)c(=O)[nH]1. The lowest BCUT2D eigenvalue weighted by Gasteiger charge is -2.18. The number of hydrogen-bond donors (Lipinski definition) is 3. The first-order chi connectivity index (χ1) is 15.4. The van der Waals surface area contributed by atoms with E-state index in [2.05, 4.69) is 20.2 Å². The summed E-state index contributed by atoms with van der Waals surface area (Å²) < 4.78 is 72.2. The molecule has 1 atom stereocenters. The molecule has 3 aromatic rings. The molecule has 174 valence electrons. The van der Waals surface area contributed by atoms with Gasteiger partial charge in [0.05, 0.1) is 29.9 Å². The summed E-state index contributed by atoms with van der Waals surface area (Å²) in [7, 11) is 0. The van der Waals surface area contributed by atoms with Gasteiger partial charge in [0, 0.05) is 18.5 Å². The van der Waals surface area contributed by atoms with E-state index in [-0.39, 0.29) is 16.9 Å². The van der Waals surface area contributed by atoms with Crippen LogP contribution in [0, 0.1) is 0 Å². The molecule has 0 bridgehead atoms. The Morgan fingerprint density at radius 3 is 2.55 bits per heavy atom. The third-order valence-corrected chi connectivity index (χ3v) is 4.81. The maximum Gasteiger partial charge on any atom is 0.417 e. The molecule has 15 heteroatoms. The average Bonchev–Trinajstić information content (AvgIpc) is 3.02. The van der Waals surface area contributed by atoms with Crippen LogP contribution >= 0.6 is 0 Å². The highest BCUT2D eigenvalue weighted by atomic mass is 19.4. The maximum atomic E-state index is 14.6. The largest absolute Gasteiger partial charge is 0.466 e. The average molecular weight is 472 g/mol. The Labute approximate surface area is 179 Å². The quantitative estimate of drug-likeness (QED) is 0.484. The van der Waals surface area contributed by atoms with Gasteiger partial charge < -0.3 is 14.6 Å². The normalized spacial score (nSPS) is 17.8. The van der Waals surface area contributed by atoms with Crippen molar-refractivity contribution in [1.29, 1.82) is 0 Å². The van der Waals surface area contributed by atoms with E-state index < -0.39 is 59.5 Å². The minimum Gasteiger partial charge on any atom is -0.466 e. The van der Waals surface area contributed by atoms with E-state index in [1.165, 1.54) is 0 Å². The van der Waals surface area contributed by atoms with Gasteiger partial charge in [-0.2, -0.15) is 18.3 Å². The zero-order chi connectivity index (χ0) is 24.0. The highest BCUT2D eigenvalue weighted by Gasteiger charge is 2.51. The molecule has 1 aliphatic rings. The Bertz CT molecular complexity index is 1350. The summed E-state index contributed by atoms with van der Waals surface area (Å²) >= 11 is 0. The lowest BCUT2D eigenvalue weighted by molar-refractivity contribution is -0.137. The van der Waals surface area contributed by atoms with Crippen molar-refractivity contribution in [3.8, 4) is 17.1 Å². The summed E-state index contributed by atoms with van der Waals surface area (Å²) in [5, 5.41) is 5.80. The number of halogens is 5. The summed E-state index contributed by atoms with van der Waals surface area (Å²) in [6, 6.07) is 2.56. The van der Waals surface area contributed by atoms with Gasteiger partial charge in [-0.05, 0) is 12.1 Å². The standard InChI is InChI=1S/C18H13F5N6O4/c19-17(20)7-29(6-12(17)33-13-2-1-8(4-24-13)18(21,22)23)11-3-10(27-28-15(11)31)9-5-25-16(32)26-14(9)30/h1-5,12H,6-7H2,(H,28,31)(H2,25,26,30,32). The molecule has 33 heavy (non-hydrogen) atoms. The van der Waals surface area contributed by atoms with Crippen LogP contribution < -0.4 is 26.4 Å². The van der Waals surface area contributed by atoms with Crippen LogP contribution in [0.25, 0.3) is 11.3 Å². The molecule has 0 radical (unpaired) electrons. The van der Waals surface area contributed by atoms with Gasteiger partial charge in [-0.25, -0.2) is 23.7 Å². The summed E-state index contributed by atoms with van der Waals surface area (Å²) in [4.78, 5) is 44.0. The van der Waals surface area contributed by atoms with E-state index in [9.17, 15) is 36.3 Å². The first-order valence-corrected chi connectivity index (χ1v) is 9.19. The second kappa shape index (κ2) is 7.83. The zero-order valence-electron chi connectivity index (χ0n) is 16.2. The molecular formula is C18H13F5N6O4. The number of hydrogen-bond acceptors (Lipinski definition) is 7. The maximum absolute atomic E-state index is 14.6. The zero-order valence-corrected chi connectivity index (χ0v) is 16.2. The smallest absolute Gasteiger partial charge is 0.417 e. The Kier molecular flexibility index (Phi) is 5.26. The van der Waals surface area contributed by atoms with Gasteiger partial charge in [0.15, 0.2) is 6.10 Å². The number of anilines is 1. The Balaban J connectivity index is 1.59. The van der Waals surface area contributed by atoms with Gasteiger partial charge in [-0.3, -0.25) is 14.6 Å². The molecule has 0 saturated carbocycles. The molecule has 4 rings (SSSR count). The topological polar surface area (TPSA) is 137 Å². The fourth-order valence-electron chi connectivity index (χ4n) is 3.19. The molecule has 3 aromatic heterocycles. The van der Waals surface area contributed by atoms with Crippen molar-refractivity contribution in [2.45, 2.75) is 18.2 Å². The molecule has 10 nitrogen and oxygen atoms in total. The number of nitrogens with one attached hydrogen (secondary N) is 3. The molecule has 0 aromatic carbocycles. The van der Waals surface area contributed by atoms with Crippen LogP contribution in [0.3, 0.4) is 0 Å². The van der Waals surface area contributed by atoms with Gasteiger partial charge in [-0.1, -0.05) is 0 Å². The third-order valence-electron chi connectivity index (χ3n) is 4.81. The Morgan fingerprint density at radius 2 is 1.91 bits per heavy atom. The number of nitrogens with zero attached hydrogens (tertiary/aromatic N) is 3. The number of aromatic amines is 3. The summed E-state index contributed by atoms with van der Waals surface area (Å²) in [6.07, 6.45) is -4.96. The Hall–Kier alpha value is -4.04. The Morgan fingerprint density at radius 1 is 1.15 bits per heavy atom. The van der Waals surface area contributed by atoms with E-state index in [0.717, 1.165) is 23.2 Å². The highest BCUT2D eigenvalue weighted by Crippen LogP contribution is 2.34.